The van der Waals surface area contributed by atoms with Gasteiger partial charge in [-0.2, -0.15) is 0 Å². The molecule has 0 aromatic carbocycles. The Balaban J connectivity index is 4.28. The van der Waals surface area contributed by atoms with Gasteiger partial charge in [0.1, 0.15) is 0 Å². The predicted molar refractivity (Wildman–Crippen MR) is 52.5 cm³/mol. The van der Waals surface area contributed by atoms with Crippen LogP contribution in [0.4, 0.5) is 0 Å². The molecule has 0 bridgehead atoms. The highest BCUT2D eigenvalue weighted by Crippen LogP contribution is 2.13. The Morgan fingerprint density at radius 2 is 1.75 bits per heavy atom. The van der Waals surface area contributed by atoms with Crippen LogP contribution in [-0.4, -0.2) is 11.2 Å². The van der Waals surface area contributed by atoms with Crippen LogP contribution in [0.2, 0.25) is 0 Å². The van der Waals surface area contributed by atoms with Gasteiger partial charge in [0, 0.05) is 11.6 Å². The van der Waals surface area contributed by atoms with Gasteiger partial charge in [-0.05, 0) is 26.8 Å². The van der Waals surface area contributed by atoms with Crippen LogP contribution in [0.5, 0.6) is 0 Å². The molecule has 0 fully saturated rings. The molecule has 0 amide bonds. The minimum Gasteiger partial charge on any atom is -0.402 e. The van der Waals surface area contributed by atoms with Crippen LogP contribution in [0, 0.1) is 5.92 Å². The van der Waals surface area contributed by atoms with E-state index in [1.54, 1.807) is 6.92 Å². The second kappa shape index (κ2) is 4.99. The topological polar surface area (TPSA) is 46.2 Å². The molecule has 0 aliphatic heterocycles. The van der Waals surface area contributed by atoms with Crippen molar-refractivity contribution >= 4 is 0 Å². The van der Waals surface area contributed by atoms with Crippen molar-refractivity contribution in [2.45, 2.75) is 33.8 Å². The van der Waals surface area contributed by atoms with Crippen LogP contribution in [0.1, 0.15) is 27.7 Å². The molecule has 2 heteroatoms. The monoisotopic (exact) mass is 169 g/mol. The molecule has 0 aliphatic rings. The highest BCUT2D eigenvalue weighted by molar-refractivity contribution is 5.15. The Morgan fingerprint density at radius 1 is 1.25 bits per heavy atom. The van der Waals surface area contributed by atoms with E-state index in [4.69, 9.17) is 5.73 Å². The summed E-state index contributed by atoms with van der Waals surface area (Å²) in [6.45, 7) is 7.63. The van der Waals surface area contributed by atoms with Gasteiger partial charge < -0.3 is 10.8 Å². The molecule has 12 heavy (non-hydrogen) atoms. The van der Waals surface area contributed by atoms with Gasteiger partial charge in [0.25, 0.3) is 0 Å². The normalized spacial score (nSPS) is 19.1. The lowest BCUT2D eigenvalue weighted by Crippen LogP contribution is -2.13. The van der Waals surface area contributed by atoms with Crippen molar-refractivity contribution in [3.8, 4) is 0 Å². The fourth-order valence-corrected chi connectivity index (χ4v) is 0.795. The maximum atomic E-state index is 9.26. The van der Waals surface area contributed by atoms with E-state index < -0.39 is 0 Å². The second-order valence-electron chi connectivity index (χ2n) is 3.35. The summed E-state index contributed by atoms with van der Waals surface area (Å²) in [5, 5.41) is 9.26. The van der Waals surface area contributed by atoms with Crippen LogP contribution in [-0.2, 0) is 0 Å². The fraction of sp³-hybridized carbons (Fsp3) is 0.600. The second-order valence-corrected chi connectivity index (χ2v) is 3.35. The van der Waals surface area contributed by atoms with E-state index in [2.05, 4.69) is 0 Å². The summed E-state index contributed by atoms with van der Waals surface area (Å²) in [6, 6.07) is 0. The molecule has 70 valence electrons. The van der Waals surface area contributed by atoms with Gasteiger partial charge >= 0.3 is 0 Å². The van der Waals surface area contributed by atoms with Crippen molar-refractivity contribution < 1.29 is 5.11 Å². The molecule has 0 aromatic rings. The van der Waals surface area contributed by atoms with Crippen LogP contribution < -0.4 is 5.73 Å². The first kappa shape index (κ1) is 11.2. The summed E-state index contributed by atoms with van der Waals surface area (Å²) < 4.78 is 0. The van der Waals surface area contributed by atoms with Crippen LogP contribution in [0.3, 0.4) is 0 Å². The molecular formula is C10H19NO. The van der Waals surface area contributed by atoms with E-state index in [0.29, 0.717) is 0 Å². The zero-order valence-corrected chi connectivity index (χ0v) is 8.33. The summed E-state index contributed by atoms with van der Waals surface area (Å²) in [4.78, 5) is 0. The summed E-state index contributed by atoms with van der Waals surface area (Å²) in [6.07, 6.45) is 3.51. The molecule has 0 radical (unpaired) electrons. The van der Waals surface area contributed by atoms with Gasteiger partial charge in [0.05, 0.1) is 6.10 Å². The summed E-state index contributed by atoms with van der Waals surface area (Å²) in [5.41, 5.74) is 7.40. The van der Waals surface area contributed by atoms with E-state index in [-0.39, 0.29) is 12.0 Å². The van der Waals surface area contributed by atoms with Gasteiger partial charge in [0.15, 0.2) is 0 Å². The van der Waals surface area contributed by atoms with Gasteiger partial charge in [0.2, 0.25) is 0 Å². The molecule has 0 spiro atoms. The highest BCUT2D eigenvalue weighted by Gasteiger charge is 2.09. The van der Waals surface area contributed by atoms with Crippen LogP contribution in [0.25, 0.3) is 0 Å². The smallest absolute Gasteiger partial charge is 0.0574 e. The first-order valence-corrected chi connectivity index (χ1v) is 4.23. The Bertz CT molecular complexity index is 188. The first-order valence-electron chi connectivity index (χ1n) is 4.23. The predicted octanol–water partition coefficient (Wildman–Crippen LogP) is 1.81. The largest absolute Gasteiger partial charge is 0.402 e. The summed E-state index contributed by atoms with van der Waals surface area (Å²) in [7, 11) is 0. The Morgan fingerprint density at radius 3 is 2.08 bits per heavy atom. The zero-order valence-electron chi connectivity index (χ0n) is 8.33. The molecule has 0 aromatic heterocycles. The third-order valence-electron chi connectivity index (χ3n) is 2.05. The maximum absolute atomic E-state index is 9.26. The van der Waals surface area contributed by atoms with Crippen LogP contribution in [0.15, 0.2) is 23.4 Å². The van der Waals surface area contributed by atoms with Gasteiger partial charge in [-0.15, -0.1) is 0 Å². The molecule has 3 N–H and O–H groups in total. The van der Waals surface area contributed by atoms with E-state index >= 15 is 0 Å². The molecular weight excluding hydrogens is 150 g/mol. The molecule has 0 aliphatic carbocycles. The van der Waals surface area contributed by atoms with E-state index in [0.717, 1.165) is 11.3 Å². The molecule has 0 unspecified atom stereocenters. The average molecular weight is 169 g/mol. The highest BCUT2D eigenvalue weighted by atomic mass is 16.3. The average Bonchev–Trinajstić information content (AvgIpc) is 1.98. The Labute approximate surface area is 74.8 Å². The van der Waals surface area contributed by atoms with E-state index in [1.165, 1.54) is 0 Å². The Hall–Kier alpha value is -0.760. The number of aliphatic hydroxyl groups excluding tert-OH is 1. The maximum Gasteiger partial charge on any atom is 0.0574 e. The number of hydrogen-bond acceptors (Lipinski definition) is 2. The van der Waals surface area contributed by atoms with Crippen molar-refractivity contribution in [2.75, 3.05) is 0 Å². The summed E-state index contributed by atoms with van der Waals surface area (Å²) in [5.74, 6) is 0.195. The minimum atomic E-state index is -0.298. The van der Waals surface area contributed by atoms with Gasteiger partial charge in [-0.1, -0.05) is 18.6 Å². The molecule has 0 saturated carbocycles. The van der Waals surface area contributed by atoms with E-state index in [1.807, 2.05) is 32.9 Å². The number of nitrogens with two attached hydrogens (primary N) is 1. The molecule has 2 nitrogen and oxygen atoms in total. The van der Waals surface area contributed by atoms with Gasteiger partial charge in [-0.3, -0.25) is 0 Å². The lowest BCUT2D eigenvalue weighted by molar-refractivity contribution is 0.152. The fourth-order valence-electron chi connectivity index (χ4n) is 0.795. The quantitative estimate of drug-likeness (QED) is 0.633. The van der Waals surface area contributed by atoms with Crippen molar-refractivity contribution in [1.82, 2.24) is 0 Å². The van der Waals surface area contributed by atoms with Crippen molar-refractivity contribution in [3.63, 3.8) is 0 Å². The zero-order chi connectivity index (χ0) is 9.72. The lowest BCUT2D eigenvalue weighted by atomic mass is 9.97. The molecule has 0 rings (SSSR count). The standard InChI is InChI=1S/C10H19NO/c1-7(5-6-8(2)11)9(3)10(4)12/h5-6,9-10,12H,11H2,1-4H3/b7-5+,8-6+/t9-,10-/m1/s1. The Kier molecular flexibility index (Phi) is 4.67. The number of allylic oxidation sites excluding steroid dienone is 3. The van der Waals surface area contributed by atoms with Crippen molar-refractivity contribution in [3.05, 3.63) is 23.4 Å². The number of hydrogen-bond donors (Lipinski definition) is 2. The molecule has 2 atom stereocenters. The van der Waals surface area contributed by atoms with Crippen molar-refractivity contribution in [1.29, 1.82) is 0 Å². The molecule has 0 saturated heterocycles. The van der Waals surface area contributed by atoms with Crippen LogP contribution >= 0.6 is 0 Å². The SMILES string of the molecule is C/C(N)=C\C=C(/C)[C@@H](C)[C@@H](C)O. The first-order chi connectivity index (χ1) is 5.45. The summed E-state index contributed by atoms with van der Waals surface area (Å²) >= 11 is 0. The van der Waals surface area contributed by atoms with Gasteiger partial charge in [-0.25, -0.2) is 0 Å². The number of aliphatic hydroxyl groups is 1. The third-order valence-corrected chi connectivity index (χ3v) is 2.05. The minimum absolute atomic E-state index is 0.195. The third kappa shape index (κ3) is 4.19. The molecule has 0 heterocycles. The lowest BCUT2D eigenvalue weighted by Gasteiger charge is -2.14. The van der Waals surface area contributed by atoms with E-state index in [9.17, 15) is 5.11 Å². The van der Waals surface area contributed by atoms with Crippen molar-refractivity contribution in [2.24, 2.45) is 11.7 Å². The number of rotatable bonds is 3.